The summed E-state index contributed by atoms with van der Waals surface area (Å²) >= 11 is 0. The number of benzene rings is 1. The summed E-state index contributed by atoms with van der Waals surface area (Å²) in [6, 6.07) is 6.57. The molecular weight excluding hydrogens is 478 g/mol. The van der Waals surface area contributed by atoms with Crippen LogP contribution in [-0.4, -0.2) is 89.2 Å². The van der Waals surface area contributed by atoms with E-state index in [1.165, 1.54) is 38.0 Å². The lowest BCUT2D eigenvalue weighted by Gasteiger charge is -2.33. The van der Waals surface area contributed by atoms with Gasteiger partial charge in [0.15, 0.2) is 17.3 Å². The minimum absolute atomic E-state index is 0.0493. The summed E-state index contributed by atoms with van der Waals surface area (Å²) in [5.41, 5.74) is 0.643. The SMILES string of the molecule is COc1cc(C=CC(=O)NCCS(=O)(=O)N2CCN(C(=O)c3ccco3)CC2)cc(OC)c1OC. The molecule has 0 atom stereocenters. The summed E-state index contributed by atoms with van der Waals surface area (Å²) in [6.45, 7) is 0.852. The van der Waals surface area contributed by atoms with Gasteiger partial charge < -0.3 is 28.8 Å². The molecule has 0 unspecified atom stereocenters. The minimum atomic E-state index is -3.59. The number of hydrogen-bond acceptors (Lipinski definition) is 8. The Hall–Kier alpha value is -3.51. The highest BCUT2D eigenvalue weighted by Gasteiger charge is 2.29. The fraction of sp³-hybridized carbons (Fsp3) is 0.391. The van der Waals surface area contributed by atoms with Gasteiger partial charge in [-0.25, -0.2) is 8.42 Å². The zero-order valence-electron chi connectivity index (χ0n) is 19.9. The molecule has 3 rings (SSSR count). The zero-order chi connectivity index (χ0) is 25.4. The van der Waals surface area contributed by atoms with Crippen molar-refractivity contribution in [2.45, 2.75) is 0 Å². The number of piperazine rings is 1. The first-order valence-corrected chi connectivity index (χ1v) is 12.5. The molecule has 1 aliphatic heterocycles. The molecule has 1 N–H and O–H groups in total. The highest BCUT2D eigenvalue weighted by Crippen LogP contribution is 2.38. The molecular formula is C23H29N3O8S. The topological polar surface area (TPSA) is 128 Å². The Kier molecular flexibility index (Phi) is 8.77. The van der Waals surface area contributed by atoms with E-state index in [1.807, 2.05) is 0 Å². The third kappa shape index (κ3) is 6.55. The van der Waals surface area contributed by atoms with Gasteiger partial charge in [-0.2, -0.15) is 4.31 Å². The summed E-state index contributed by atoms with van der Waals surface area (Å²) < 4.78 is 47.6. The van der Waals surface area contributed by atoms with Crippen molar-refractivity contribution in [2.24, 2.45) is 0 Å². The van der Waals surface area contributed by atoms with Gasteiger partial charge in [0.05, 0.1) is 33.3 Å². The number of nitrogens with zero attached hydrogens (tertiary/aromatic N) is 2. The summed E-state index contributed by atoms with van der Waals surface area (Å²) in [5, 5.41) is 2.58. The van der Waals surface area contributed by atoms with Crippen LogP contribution < -0.4 is 19.5 Å². The van der Waals surface area contributed by atoms with Crippen molar-refractivity contribution in [3.8, 4) is 17.2 Å². The second-order valence-corrected chi connectivity index (χ2v) is 9.66. The van der Waals surface area contributed by atoms with E-state index in [9.17, 15) is 18.0 Å². The molecule has 0 radical (unpaired) electrons. The van der Waals surface area contributed by atoms with Crippen LogP contribution in [0.3, 0.4) is 0 Å². The van der Waals surface area contributed by atoms with Gasteiger partial charge in [-0.05, 0) is 35.9 Å². The highest BCUT2D eigenvalue weighted by molar-refractivity contribution is 7.89. The summed E-state index contributed by atoms with van der Waals surface area (Å²) in [4.78, 5) is 26.1. The number of rotatable bonds is 10. The number of carbonyl (C=O) groups excluding carboxylic acids is 2. The van der Waals surface area contributed by atoms with Crippen molar-refractivity contribution in [3.63, 3.8) is 0 Å². The van der Waals surface area contributed by atoms with E-state index in [1.54, 1.807) is 35.2 Å². The molecule has 0 saturated carbocycles. The maximum absolute atomic E-state index is 12.6. The Labute approximate surface area is 204 Å². The molecule has 1 saturated heterocycles. The fourth-order valence-corrected chi connectivity index (χ4v) is 4.92. The number of hydrogen-bond donors (Lipinski definition) is 1. The number of carbonyl (C=O) groups is 2. The van der Waals surface area contributed by atoms with Crippen molar-refractivity contribution < 1.29 is 36.6 Å². The third-order valence-electron chi connectivity index (χ3n) is 5.42. The fourth-order valence-electron chi connectivity index (χ4n) is 3.59. The number of methoxy groups -OCH3 is 3. The predicted octanol–water partition coefficient (Wildman–Crippen LogP) is 1.22. The molecule has 2 aromatic rings. The lowest BCUT2D eigenvalue weighted by atomic mass is 10.1. The van der Waals surface area contributed by atoms with Gasteiger partial charge in [-0.3, -0.25) is 9.59 Å². The van der Waals surface area contributed by atoms with Crippen molar-refractivity contribution in [3.05, 3.63) is 47.9 Å². The highest BCUT2D eigenvalue weighted by atomic mass is 32.2. The molecule has 0 spiro atoms. The second-order valence-electron chi connectivity index (χ2n) is 7.57. The van der Waals surface area contributed by atoms with Gasteiger partial charge >= 0.3 is 0 Å². The minimum Gasteiger partial charge on any atom is -0.493 e. The van der Waals surface area contributed by atoms with E-state index in [0.717, 1.165) is 0 Å². The number of furan rings is 1. The average Bonchev–Trinajstić information content (AvgIpc) is 3.41. The largest absolute Gasteiger partial charge is 0.493 e. The molecule has 1 aliphatic rings. The molecule has 0 bridgehead atoms. The number of amides is 2. The number of sulfonamides is 1. The van der Waals surface area contributed by atoms with Crippen LogP contribution in [0.5, 0.6) is 17.2 Å². The molecule has 2 heterocycles. The molecule has 1 aromatic carbocycles. The normalized spacial score (nSPS) is 14.7. The van der Waals surface area contributed by atoms with Gasteiger partial charge in [0.2, 0.25) is 21.7 Å². The number of nitrogens with one attached hydrogen (secondary N) is 1. The van der Waals surface area contributed by atoms with E-state index in [4.69, 9.17) is 18.6 Å². The van der Waals surface area contributed by atoms with Gasteiger partial charge in [-0.1, -0.05) is 0 Å². The van der Waals surface area contributed by atoms with Crippen molar-refractivity contribution in [2.75, 3.05) is 59.8 Å². The molecule has 1 fully saturated rings. The maximum atomic E-state index is 12.6. The van der Waals surface area contributed by atoms with Gasteiger partial charge in [-0.15, -0.1) is 0 Å². The molecule has 35 heavy (non-hydrogen) atoms. The van der Waals surface area contributed by atoms with E-state index in [2.05, 4.69) is 5.32 Å². The van der Waals surface area contributed by atoms with E-state index in [-0.39, 0.29) is 50.1 Å². The maximum Gasteiger partial charge on any atom is 0.289 e. The predicted molar refractivity (Wildman–Crippen MR) is 128 cm³/mol. The van der Waals surface area contributed by atoms with Gasteiger partial charge in [0.25, 0.3) is 5.91 Å². The summed E-state index contributed by atoms with van der Waals surface area (Å²) in [5.74, 6) is 0.605. The van der Waals surface area contributed by atoms with Crippen LogP contribution in [0.4, 0.5) is 0 Å². The van der Waals surface area contributed by atoms with Crippen molar-refractivity contribution in [1.82, 2.24) is 14.5 Å². The zero-order valence-corrected chi connectivity index (χ0v) is 20.7. The van der Waals surface area contributed by atoms with Crippen LogP contribution in [0.25, 0.3) is 6.08 Å². The molecule has 11 nitrogen and oxygen atoms in total. The Morgan fingerprint density at radius 2 is 1.71 bits per heavy atom. The Bertz CT molecular complexity index is 1130. The van der Waals surface area contributed by atoms with Crippen LogP contribution in [-0.2, 0) is 14.8 Å². The third-order valence-corrected chi connectivity index (χ3v) is 7.30. The van der Waals surface area contributed by atoms with Crippen molar-refractivity contribution in [1.29, 1.82) is 0 Å². The van der Waals surface area contributed by atoms with Gasteiger partial charge in [0.1, 0.15) is 0 Å². The smallest absolute Gasteiger partial charge is 0.289 e. The van der Waals surface area contributed by atoms with Crippen LogP contribution in [0.2, 0.25) is 0 Å². The Morgan fingerprint density at radius 3 is 2.26 bits per heavy atom. The van der Waals surface area contributed by atoms with Gasteiger partial charge in [0, 0.05) is 38.8 Å². The first-order chi connectivity index (χ1) is 16.8. The monoisotopic (exact) mass is 507 g/mol. The molecule has 12 heteroatoms. The van der Waals surface area contributed by atoms with Crippen molar-refractivity contribution >= 4 is 27.9 Å². The molecule has 2 amide bonds. The average molecular weight is 508 g/mol. The summed E-state index contributed by atoms with van der Waals surface area (Å²) in [6.07, 6.45) is 4.28. The van der Waals surface area contributed by atoms with E-state index in [0.29, 0.717) is 22.8 Å². The molecule has 190 valence electrons. The quantitative estimate of drug-likeness (QED) is 0.476. The van der Waals surface area contributed by atoms with E-state index >= 15 is 0 Å². The molecule has 1 aromatic heterocycles. The second kappa shape index (κ2) is 11.8. The number of ether oxygens (including phenoxy) is 3. The van der Waals surface area contributed by atoms with Crippen LogP contribution in [0.15, 0.2) is 41.0 Å². The standard InChI is InChI=1S/C23H29N3O8S/c1-31-19-15-17(16-20(32-2)22(19)33-3)6-7-21(27)24-8-14-35(29,30)26-11-9-25(10-12-26)23(28)18-5-4-13-34-18/h4-7,13,15-16H,8-12,14H2,1-3H3,(H,24,27). The first kappa shape index (κ1) is 26.1. The van der Waals surface area contributed by atoms with Crippen LogP contribution in [0.1, 0.15) is 16.1 Å². The lowest BCUT2D eigenvalue weighted by molar-refractivity contribution is -0.116. The van der Waals surface area contributed by atoms with E-state index < -0.39 is 15.9 Å². The Balaban J connectivity index is 1.48. The lowest BCUT2D eigenvalue weighted by Crippen LogP contribution is -2.51. The summed E-state index contributed by atoms with van der Waals surface area (Å²) in [7, 11) is 0.899. The van der Waals surface area contributed by atoms with Crippen LogP contribution in [0, 0.1) is 0 Å². The Morgan fingerprint density at radius 1 is 1.06 bits per heavy atom. The first-order valence-electron chi connectivity index (χ1n) is 10.9. The molecule has 0 aliphatic carbocycles. The van der Waals surface area contributed by atoms with Crippen LogP contribution >= 0.6 is 0 Å².